The van der Waals surface area contributed by atoms with Gasteiger partial charge in [-0.05, 0) is 38.0 Å². The second-order valence-electron chi connectivity index (χ2n) is 6.29. The van der Waals surface area contributed by atoms with Gasteiger partial charge in [0.2, 0.25) is 0 Å². The molecular formula is C14H26N2OS2. The highest BCUT2D eigenvalue weighted by Gasteiger charge is 2.43. The van der Waals surface area contributed by atoms with Gasteiger partial charge in [-0.3, -0.25) is 0 Å². The molecule has 3 nitrogen and oxygen atoms in total. The van der Waals surface area contributed by atoms with Crippen molar-refractivity contribution in [3.05, 3.63) is 0 Å². The predicted octanol–water partition coefficient (Wildman–Crippen LogP) is 1.66. The number of likely N-dealkylation sites (N-methyl/N-ethyl adjacent to an activating group) is 1. The highest BCUT2D eigenvalue weighted by atomic mass is 32.2. The lowest BCUT2D eigenvalue weighted by Gasteiger charge is -2.44. The summed E-state index contributed by atoms with van der Waals surface area (Å²) < 4.78 is 6.13. The minimum atomic E-state index is 0.172. The molecule has 110 valence electrons. The molecule has 0 aromatic rings. The van der Waals surface area contributed by atoms with Gasteiger partial charge < -0.3 is 15.4 Å². The van der Waals surface area contributed by atoms with Crippen molar-refractivity contribution in [1.82, 2.24) is 4.90 Å². The van der Waals surface area contributed by atoms with Crippen molar-refractivity contribution in [2.75, 3.05) is 43.2 Å². The van der Waals surface area contributed by atoms with Crippen molar-refractivity contribution in [3.8, 4) is 0 Å². The van der Waals surface area contributed by atoms with Crippen molar-refractivity contribution in [3.63, 3.8) is 0 Å². The lowest BCUT2D eigenvalue weighted by Crippen LogP contribution is -2.56. The van der Waals surface area contributed by atoms with E-state index in [4.69, 9.17) is 10.5 Å². The molecule has 0 aliphatic carbocycles. The first-order valence-corrected chi connectivity index (χ1v) is 9.76. The quantitative estimate of drug-likeness (QED) is 0.840. The number of ether oxygens (including phenoxy) is 1. The van der Waals surface area contributed by atoms with Crippen LogP contribution < -0.4 is 5.73 Å². The van der Waals surface area contributed by atoms with Crippen LogP contribution in [0.2, 0.25) is 0 Å². The molecule has 4 atom stereocenters. The summed E-state index contributed by atoms with van der Waals surface area (Å²) in [5.74, 6) is 5.57. The van der Waals surface area contributed by atoms with E-state index in [2.05, 4.69) is 23.7 Å². The zero-order valence-electron chi connectivity index (χ0n) is 11.8. The Balaban J connectivity index is 1.64. The summed E-state index contributed by atoms with van der Waals surface area (Å²) in [6.07, 6.45) is 3.58. The van der Waals surface area contributed by atoms with Gasteiger partial charge in [-0.25, -0.2) is 0 Å². The maximum atomic E-state index is 6.65. The lowest BCUT2D eigenvalue weighted by molar-refractivity contribution is -0.0864. The van der Waals surface area contributed by atoms with Crippen molar-refractivity contribution in [1.29, 1.82) is 0 Å². The van der Waals surface area contributed by atoms with Crippen molar-refractivity contribution < 1.29 is 4.74 Å². The van der Waals surface area contributed by atoms with E-state index in [9.17, 15) is 0 Å². The standard InChI is InChI=1S/C14H26N2OS2/c1-16-4-7-18-9-12(16)13(15)11-2-5-17-14(8-11)3-6-19-10-14/h11-13H,2-10,15H2,1H3. The van der Waals surface area contributed by atoms with E-state index in [1.165, 1.54) is 42.4 Å². The number of nitrogens with zero attached hydrogens (tertiary/aromatic N) is 1. The Hall–Kier alpha value is 0.580. The molecule has 3 fully saturated rings. The van der Waals surface area contributed by atoms with Crippen molar-refractivity contribution in [2.45, 2.75) is 36.9 Å². The maximum Gasteiger partial charge on any atom is 0.0783 e. The average molecular weight is 303 g/mol. The molecule has 19 heavy (non-hydrogen) atoms. The summed E-state index contributed by atoms with van der Waals surface area (Å²) in [5.41, 5.74) is 6.82. The topological polar surface area (TPSA) is 38.5 Å². The number of thioether (sulfide) groups is 2. The van der Waals surface area contributed by atoms with E-state index in [1.54, 1.807) is 0 Å². The third kappa shape index (κ3) is 3.10. The fourth-order valence-corrected chi connectivity index (χ4v) is 6.36. The van der Waals surface area contributed by atoms with Crippen LogP contribution in [0.25, 0.3) is 0 Å². The number of rotatable bonds is 2. The molecule has 0 amide bonds. The Morgan fingerprint density at radius 3 is 3.00 bits per heavy atom. The van der Waals surface area contributed by atoms with E-state index in [0.717, 1.165) is 13.0 Å². The molecule has 5 heteroatoms. The van der Waals surface area contributed by atoms with Gasteiger partial charge in [-0.2, -0.15) is 23.5 Å². The lowest BCUT2D eigenvalue weighted by atomic mass is 9.79. The Labute approximate surface area is 125 Å². The number of hydrogen-bond donors (Lipinski definition) is 1. The first-order chi connectivity index (χ1) is 9.20. The van der Waals surface area contributed by atoms with Gasteiger partial charge in [0.1, 0.15) is 0 Å². The third-order valence-corrected chi connectivity index (χ3v) is 7.30. The zero-order valence-corrected chi connectivity index (χ0v) is 13.5. The van der Waals surface area contributed by atoms with Gasteiger partial charge >= 0.3 is 0 Å². The molecular weight excluding hydrogens is 276 g/mol. The largest absolute Gasteiger partial charge is 0.374 e. The van der Waals surface area contributed by atoms with Crippen molar-refractivity contribution in [2.24, 2.45) is 11.7 Å². The molecule has 1 spiro atoms. The van der Waals surface area contributed by atoms with Crippen LogP contribution in [0.4, 0.5) is 0 Å². The molecule has 4 unspecified atom stereocenters. The Morgan fingerprint density at radius 2 is 2.26 bits per heavy atom. The van der Waals surface area contributed by atoms with Gasteiger partial charge in [0.05, 0.1) is 5.60 Å². The minimum absolute atomic E-state index is 0.172. The Morgan fingerprint density at radius 1 is 1.37 bits per heavy atom. The second kappa shape index (κ2) is 6.14. The molecule has 3 heterocycles. The molecule has 2 N–H and O–H groups in total. The second-order valence-corrected chi connectivity index (χ2v) is 8.54. The van der Waals surface area contributed by atoms with Crippen LogP contribution in [0.1, 0.15) is 19.3 Å². The molecule has 0 aromatic heterocycles. The fourth-order valence-electron chi connectivity index (χ4n) is 3.68. The SMILES string of the molecule is CN1CCSCC1C(N)C1CCOC2(CCSC2)C1. The molecule has 0 bridgehead atoms. The molecule has 0 radical (unpaired) electrons. The molecule has 0 aromatic carbocycles. The zero-order chi connectivity index (χ0) is 13.3. The van der Waals surface area contributed by atoms with Crippen LogP contribution in [0.3, 0.4) is 0 Å². The summed E-state index contributed by atoms with van der Waals surface area (Å²) >= 11 is 4.11. The highest BCUT2D eigenvalue weighted by Crippen LogP contribution is 2.41. The van der Waals surface area contributed by atoms with Crippen LogP contribution >= 0.6 is 23.5 Å². The van der Waals surface area contributed by atoms with E-state index in [0.29, 0.717) is 18.0 Å². The van der Waals surface area contributed by atoms with Crippen LogP contribution in [-0.4, -0.2) is 65.8 Å². The van der Waals surface area contributed by atoms with Crippen LogP contribution in [-0.2, 0) is 4.74 Å². The third-order valence-electron chi connectivity index (χ3n) is 5.03. The minimum Gasteiger partial charge on any atom is -0.374 e. The molecule has 3 saturated heterocycles. The van der Waals surface area contributed by atoms with E-state index < -0.39 is 0 Å². The molecule has 3 aliphatic rings. The normalized spacial score (nSPS) is 42.6. The molecule has 3 rings (SSSR count). The summed E-state index contributed by atoms with van der Waals surface area (Å²) in [7, 11) is 2.24. The fraction of sp³-hybridized carbons (Fsp3) is 1.00. The predicted molar refractivity (Wildman–Crippen MR) is 85.1 cm³/mol. The number of hydrogen-bond acceptors (Lipinski definition) is 5. The highest BCUT2D eigenvalue weighted by molar-refractivity contribution is 7.99. The van der Waals surface area contributed by atoms with Gasteiger partial charge in [-0.15, -0.1) is 0 Å². The summed E-state index contributed by atoms with van der Waals surface area (Å²) in [5, 5.41) is 0. The summed E-state index contributed by atoms with van der Waals surface area (Å²) in [4.78, 5) is 2.48. The summed E-state index contributed by atoms with van der Waals surface area (Å²) in [6, 6.07) is 0.886. The van der Waals surface area contributed by atoms with Gasteiger partial charge in [0, 0.05) is 42.5 Å². The van der Waals surface area contributed by atoms with E-state index >= 15 is 0 Å². The Kier molecular flexibility index (Phi) is 4.69. The van der Waals surface area contributed by atoms with Crippen LogP contribution in [0, 0.1) is 5.92 Å². The number of nitrogens with two attached hydrogens (primary N) is 1. The Bertz CT molecular complexity index is 310. The van der Waals surface area contributed by atoms with Crippen molar-refractivity contribution >= 4 is 23.5 Å². The monoisotopic (exact) mass is 302 g/mol. The van der Waals surface area contributed by atoms with Gasteiger partial charge in [0.15, 0.2) is 0 Å². The first kappa shape index (κ1) is 14.5. The summed E-state index contributed by atoms with van der Waals surface area (Å²) in [6.45, 7) is 2.11. The molecule has 3 aliphatic heterocycles. The first-order valence-electron chi connectivity index (χ1n) is 7.45. The average Bonchev–Trinajstić information content (AvgIpc) is 2.86. The maximum absolute atomic E-state index is 6.65. The smallest absolute Gasteiger partial charge is 0.0783 e. The van der Waals surface area contributed by atoms with E-state index in [-0.39, 0.29) is 5.60 Å². The van der Waals surface area contributed by atoms with Gasteiger partial charge in [-0.1, -0.05) is 0 Å². The van der Waals surface area contributed by atoms with Gasteiger partial charge in [0.25, 0.3) is 0 Å². The van der Waals surface area contributed by atoms with Crippen LogP contribution in [0.5, 0.6) is 0 Å². The molecule has 0 saturated carbocycles. The van der Waals surface area contributed by atoms with Crippen LogP contribution in [0.15, 0.2) is 0 Å². The van der Waals surface area contributed by atoms with E-state index in [1.807, 2.05) is 11.8 Å².